The van der Waals surface area contributed by atoms with Crippen LogP contribution in [0.5, 0.6) is 0 Å². The third-order valence-corrected chi connectivity index (χ3v) is 5.50. The van der Waals surface area contributed by atoms with E-state index >= 15 is 0 Å². The predicted octanol–water partition coefficient (Wildman–Crippen LogP) is 2.00. The zero-order chi connectivity index (χ0) is 22.9. The van der Waals surface area contributed by atoms with Crippen molar-refractivity contribution in [3.8, 4) is 0 Å². The minimum absolute atomic E-state index is 0.0966. The highest BCUT2D eigenvalue weighted by atomic mass is 16.2. The van der Waals surface area contributed by atoms with Crippen molar-refractivity contribution in [1.29, 1.82) is 0 Å². The van der Waals surface area contributed by atoms with E-state index in [0.717, 1.165) is 11.1 Å². The molecule has 0 spiro atoms. The number of Topliss-reactive ketones (excluding diaryl/α,β-unsaturated/α-hetero) is 1. The fraction of sp³-hybridized carbons (Fsp3) is 0.360. The Bertz CT molecular complexity index is 946. The molecule has 1 heterocycles. The van der Waals surface area contributed by atoms with Crippen LogP contribution in [0.1, 0.15) is 37.3 Å². The number of amides is 3. The molecule has 0 bridgehead atoms. The van der Waals surface area contributed by atoms with Crippen LogP contribution < -0.4 is 10.6 Å². The van der Waals surface area contributed by atoms with E-state index in [9.17, 15) is 19.2 Å². The Balaban J connectivity index is 1.74. The summed E-state index contributed by atoms with van der Waals surface area (Å²) in [5.41, 5.74) is 1.76. The molecule has 2 aromatic rings. The second-order valence-electron chi connectivity index (χ2n) is 7.93. The number of nitrogens with zero attached hydrogens (tertiary/aromatic N) is 1. The molecule has 1 saturated heterocycles. The smallest absolute Gasteiger partial charge is 0.289 e. The summed E-state index contributed by atoms with van der Waals surface area (Å²) < 4.78 is 0. The summed E-state index contributed by atoms with van der Waals surface area (Å²) in [5, 5.41) is 5.34. The van der Waals surface area contributed by atoms with Crippen LogP contribution in [0.2, 0.25) is 0 Å². The fourth-order valence-corrected chi connectivity index (χ4v) is 3.80. The molecule has 168 valence electrons. The predicted molar refractivity (Wildman–Crippen MR) is 120 cm³/mol. The van der Waals surface area contributed by atoms with Crippen molar-refractivity contribution < 1.29 is 19.2 Å². The van der Waals surface area contributed by atoms with Crippen molar-refractivity contribution >= 4 is 23.5 Å². The number of carbonyl (C=O) groups is 4. The third-order valence-electron chi connectivity index (χ3n) is 5.50. The molecular weight excluding hydrogens is 406 g/mol. The van der Waals surface area contributed by atoms with Gasteiger partial charge in [0.1, 0.15) is 12.1 Å². The van der Waals surface area contributed by atoms with E-state index in [1.165, 1.54) is 0 Å². The van der Waals surface area contributed by atoms with Gasteiger partial charge in [0, 0.05) is 25.9 Å². The number of hydrogen-bond acceptors (Lipinski definition) is 4. The molecular formula is C25H29N3O4. The SMILES string of the molecule is CCCNC(=O)C(=O)C(Cc1ccccc1)NC(=O)[C@H]1CCC(=O)N1Cc1ccccc1. The molecule has 0 aromatic heterocycles. The minimum atomic E-state index is -1.00. The molecule has 0 radical (unpaired) electrons. The minimum Gasteiger partial charge on any atom is -0.349 e. The average molecular weight is 436 g/mol. The van der Waals surface area contributed by atoms with Crippen molar-refractivity contribution in [3.05, 3.63) is 71.8 Å². The summed E-state index contributed by atoms with van der Waals surface area (Å²) >= 11 is 0. The molecule has 1 aliphatic rings. The lowest BCUT2D eigenvalue weighted by molar-refractivity contribution is -0.141. The Morgan fingerprint density at radius 1 is 1.00 bits per heavy atom. The Morgan fingerprint density at radius 3 is 2.25 bits per heavy atom. The number of carbonyl (C=O) groups excluding carboxylic acids is 4. The normalized spacial score (nSPS) is 16.5. The number of likely N-dealkylation sites (tertiary alicyclic amines) is 1. The zero-order valence-corrected chi connectivity index (χ0v) is 18.3. The van der Waals surface area contributed by atoms with Gasteiger partial charge in [-0.1, -0.05) is 67.6 Å². The quantitative estimate of drug-likeness (QED) is 0.558. The highest BCUT2D eigenvalue weighted by Crippen LogP contribution is 2.22. The van der Waals surface area contributed by atoms with E-state index in [2.05, 4.69) is 10.6 Å². The van der Waals surface area contributed by atoms with Gasteiger partial charge in [0.2, 0.25) is 17.6 Å². The topological polar surface area (TPSA) is 95.6 Å². The van der Waals surface area contributed by atoms with Gasteiger partial charge in [-0.3, -0.25) is 19.2 Å². The average Bonchev–Trinajstić information content (AvgIpc) is 3.18. The van der Waals surface area contributed by atoms with Gasteiger partial charge in [-0.2, -0.15) is 0 Å². The van der Waals surface area contributed by atoms with Crippen LogP contribution in [0.3, 0.4) is 0 Å². The number of ketones is 1. The molecule has 2 atom stereocenters. The lowest BCUT2D eigenvalue weighted by Crippen LogP contribution is -2.53. The van der Waals surface area contributed by atoms with Gasteiger partial charge < -0.3 is 15.5 Å². The van der Waals surface area contributed by atoms with Gasteiger partial charge in [0.15, 0.2) is 0 Å². The van der Waals surface area contributed by atoms with Gasteiger partial charge in [0.05, 0.1) is 0 Å². The van der Waals surface area contributed by atoms with Gasteiger partial charge in [0.25, 0.3) is 5.91 Å². The second kappa shape index (κ2) is 11.2. The van der Waals surface area contributed by atoms with Crippen molar-refractivity contribution in [3.63, 3.8) is 0 Å². The van der Waals surface area contributed by atoms with Gasteiger partial charge in [-0.15, -0.1) is 0 Å². The lowest BCUT2D eigenvalue weighted by Gasteiger charge is -2.26. The van der Waals surface area contributed by atoms with Crippen LogP contribution in [-0.4, -0.2) is 47.0 Å². The number of benzene rings is 2. The van der Waals surface area contributed by atoms with E-state index < -0.39 is 29.7 Å². The van der Waals surface area contributed by atoms with Crippen LogP contribution in [-0.2, 0) is 32.1 Å². The molecule has 2 aromatic carbocycles. The van der Waals surface area contributed by atoms with Crippen LogP contribution >= 0.6 is 0 Å². The summed E-state index contributed by atoms with van der Waals surface area (Å²) in [4.78, 5) is 52.3. The zero-order valence-electron chi connectivity index (χ0n) is 18.3. The molecule has 0 saturated carbocycles. The molecule has 7 nitrogen and oxygen atoms in total. The highest BCUT2D eigenvalue weighted by molar-refractivity contribution is 6.38. The summed E-state index contributed by atoms with van der Waals surface area (Å²) in [6, 6.07) is 17.0. The molecule has 1 aliphatic heterocycles. The Labute approximate surface area is 188 Å². The molecule has 3 amide bonds. The first kappa shape index (κ1) is 23.2. The van der Waals surface area contributed by atoms with Crippen molar-refractivity contribution in [1.82, 2.24) is 15.5 Å². The van der Waals surface area contributed by atoms with Gasteiger partial charge in [-0.05, 0) is 24.0 Å². The first-order chi connectivity index (χ1) is 15.5. The van der Waals surface area contributed by atoms with Gasteiger partial charge >= 0.3 is 0 Å². The Hall–Kier alpha value is -3.48. The highest BCUT2D eigenvalue weighted by Gasteiger charge is 2.38. The lowest BCUT2D eigenvalue weighted by atomic mass is 10.0. The maximum Gasteiger partial charge on any atom is 0.289 e. The first-order valence-corrected chi connectivity index (χ1v) is 11.0. The van der Waals surface area contributed by atoms with Crippen molar-refractivity contribution in [2.45, 2.75) is 51.2 Å². The van der Waals surface area contributed by atoms with Crippen LogP contribution in [0.25, 0.3) is 0 Å². The molecule has 7 heteroatoms. The van der Waals surface area contributed by atoms with E-state index in [-0.39, 0.29) is 18.7 Å². The number of nitrogens with one attached hydrogen (secondary N) is 2. The van der Waals surface area contributed by atoms with Crippen LogP contribution in [0.15, 0.2) is 60.7 Å². The molecule has 32 heavy (non-hydrogen) atoms. The summed E-state index contributed by atoms with van der Waals surface area (Å²) in [5.74, 6) is -1.91. The van der Waals surface area contributed by atoms with Crippen LogP contribution in [0, 0.1) is 0 Å². The fourth-order valence-electron chi connectivity index (χ4n) is 3.80. The Morgan fingerprint density at radius 2 is 1.62 bits per heavy atom. The molecule has 1 unspecified atom stereocenters. The van der Waals surface area contributed by atoms with Crippen LogP contribution in [0.4, 0.5) is 0 Å². The summed E-state index contributed by atoms with van der Waals surface area (Å²) in [7, 11) is 0. The van der Waals surface area contributed by atoms with E-state index in [1.54, 1.807) is 4.90 Å². The van der Waals surface area contributed by atoms with Crippen molar-refractivity contribution in [2.24, 2.45) is 0 Å². The Kier molecular flexibility index (Phi) is 8.14. The maximum absolute atomic E-state index is 13.1. The molecule has 3 rings (SSSR count). The van der Waals surface area contributed by atoms with E-state index in [1.807, 2.05) is 67.6 Å². The third kappa shape index (κ3) is 6.03. The second-order valence-corrected chi connectivity index (χ2v) is 7.93. The first-order valence-electron chi connectivity index (χ1n) is 11.0. The van der Waals surface area contributed by atoms with Crippen molar-refractivity contribution in [2.75, 3.05) is 6.54 Å². The number of hydrogen-bond donors (Lipinski definition) is 2. The number of rotatable bonds is 10. The van der Waals surface area contributed by atoms with Gasteiger partial charge in [-0.25, -0.2) is 0 Å². The molecule has 1 fully saturated rings. The summed E-state index contributed by atoms with van der Waals surface area (Å²) in [6.45, 7) is 2.61. The largest absolute Gasteiger partial charge is 0.349 e. The van der Waals surface area contributed by atoms with E-state index in [4.69, 9.17) is 0 Å². The summed E-state index contributed by atoms with van der Waals surface area (Å²) in [6.07, 6.45) is 1.56. The molecule has 0 aliphatic carbocycles. The standard InChI is InChI=1S/C25H29N3O4/c1-2-15-26-25(32)23(30)20(16-18-9-5-3-6-10-18)27-24(31)21-13-14-22(29)28(21)17-19-11-7-4-8-12-19/h3-12,20-21H,2,13-17H2,1H3,(H,26,32)(H,27,31)/t20?,21-/m1/s1. The monoisotopic (exact) mass is 435 g/mol. The van der Waals surface area contributed by atoms with E-state index in [0.29, 0.717) is 25.9 Å². The molecule has 2 N–H and O–H groups in total. The maximum atomic E-state index is 13.1.